The van der Waals surface area contributed by atoms with Gasteiger partial charge in [0.05, 0.1) is 12.1 Å². The van der Waals surface area contributed by atoms with E-state index in [0.29, 0.717) is 30.3 Å². The molecule has 0 unspecified atom stereocenters. The highest BCUT2D eigenvalue weighted by Gasteiger charge is 2.30. The Hall–Kier alpha value is -2.57. The van der Waals surface area contributed by atoms with Gasteiger partial charge in [-0.1, -0.05) is 0 Å². The van der Waals surface area contributed by atoms with Crippen molar-refractivity contribution in [1.82, 2.24) is 15.1 Å². The van der Waals surface area contributed by atoms with Crippen molar-refractivity contribution in [2.75, 3.05) is 32.1 Å². The maximum atomic E-state index is 12.6. The van der Waals surface area contributed by atoms with Gasteiger partial charge in [0.25, 0.3) is 5.91 Å². The molecular formula is C17H22N4O3. The molecule has 1 atom stereocenters. The van der Waals surface area contributed by atoms with E-state index in [0.717, 1.165) is 18.0 Å². The average Bonchev–Trinajstić information content (AvgIpc) is 3.13. The Kier molecular flexibility index (Phi) is 4.42. The van der Waals surface area contributed by atoms with Crippen molar-refractivity contribution in [3.63, 3.8) is 0 Å². The van der Waals surface area contributed by atoms with Crippen molar-refractivity contribution in [3.8, 4) is 5.88 Å². The van der Waals surface area contributed by atoms with Gasteiger partial charge >= 0.3 is 0 Å². The van der Waals surface area contributed by atoms with E-state index in [2.05, 4.69) is 10.2 Å². The fraction of sp³-hybridized carbons (Fsp3) is 0.471. The molecular weight excluding hydrogens is 308 g/mol. The van der Waals surface area contributed by atoms with Gasteiger partial charge in [0.2, 0.25) is 5.88 Å². The van der Waals surface area contributed by atoms with E-state index in [-0.39, 0.29) is 12.0 Å². The summed E-state index contributed by atoms with van der Waals surface area (Å²) in [5, 5.41) is 8.17. The molecule has 1 aliphatic heterocycles. The van der Waals surface area contributed by atoms with Crippen LogP contribution in [0.5, 0.6) is 5.88 Å². The molecule has 3 rings (SSSR count). The summed E-state index contributed by atoms with van der Waals surface area (Å²) in [7, 11) is 3.81. The largest absolute Gasteiger partial charge is 0.471 e. The summed E-state index contributed by atoms with van der Waals surface area (Å²) in [6.07, 6.45) is 0.709. The molecule has 0 bridgehead atoms. The minimum atomic E-state index is -0.0678. The number of aromatic nitrogens is 2. The summed E-state index contributed by atoms with van der Waals surface area (Å²) in [6, 6.07) is 5.45. The number of rotatable bonds is 4. The second kappa shape index (κ2) is 6.51. The van der Waals surface area contributed by atoms with Crippen LogP contribution in [0.3, 0.4) is 0 Å². The van der Waals surface area contributed by atoms with Gasteiger partial charge in [-0.15, -0.1) is 10.2 Å². The Balaban J connectivity index is 1.61. The second-order valence-electron chi connectivity index (χ2n) is 6.23. The van der Waals surface area contributed by atoms with E-state index in [1.165, 1.54) is 0 Å². The molecule has 0 aromatic carbocycles. The molecule has 2 aromatic rings. The minimum Gasteiger partial charge on any atom is -0.471 e. The van der Waals surface area contributed by atoms with E-state index >= 15 is 0 Å². The Morgan fingerprint density at radius 3 is 2.71 bits per heavy atom. The molecule has 0 spiro atoms. The van der Waals surface area contributed by atoms with Gasteiger partial charge in [0, 0.05) is 33.1 Å². The van der Waals surface area contributed by atoms with Crippen LogP contribution in [0.2, 0.25) is 0 Å². The highest BCUT2D eigenvalue weighted by Crippen LogP contribution is 2.21. The first-order chi connectivity index (χ1) is 11.4. The van der Waals surface area contributed by atoms with E-state index in [1.807, 2.05) is 38.9 Å². The molecule has 3 heterocycles. The number of hydrogen-bond acceptors (Lipinski definition) is 6. The number of amides is 1. The molecule has 1 fully saturated rings. The number of anilines is 1. The van der Waals surface area contributed by atoms with Crippen LogP contribution in [-0.2, 0) is 0 Å². The molecule has 1 saturated heterocycles. The Morgan fingerprint density at radius 2 is 2.12 bits per heavy atom. The van der Waals surface area contributed by atoms with Gasteiger partial charge in [0.1, 0.15) is 17.6 Å². The molecule has 7 heteroatoms. The number of nitrogens with zero attached hydrogens (tertiary/aromatic N) is 4. The third-order valence-corrected chi connectivity index (χ3v) is 4.08. The minimum absolute atomic E-state index is 0.00973. The van der Waals surface area contributed by atoms with Gasteiger partial charge < -0.3 is 19.0 Å². The lowest BCUT2D eigenvalue weighted by molar-refractivity contribution is 0.0769. The maximum absolute atomic E-state index is 12.6. The zero-order chi connectivity index (χ0) is 17.3. The number of carbonyl (C=O) groups is 1. The second-order valence-corrected chi connectivity index (χ2v) is 6.23. The SMILES string of the molecule is Cc1cc(C(=O)N2CC[C@H](Oc3ccc(N(C)C)nn3)C2)c(C)o1. The summed E-state index contributed by atoms with van der Waals surface area (Å²) in [4.78, 5) is 16.2. The lowest BCUT2D eigenvalue weighted by atomic mass is 10.2. The first-order valence-corrected chi connectivity index (χ1v) is 7.98. The van der Waals surface area contributed by atoms with Crippen LogP contribution in [0.15, 0.2) is 22.6 Å². The van der Waals surface area contributed by atoms with Gasteiger partial charge in [-0.2, -0.15) is 0 Å². The molecule has 0 N–H and O–H groups in total. The number of likely N-dealkylation sites (tertiary alicyclic amines) is 1. The third kappa shape index (κ3) is 3.34. The topological polar surface area (TPSA) is 71.7 Å². The van der Waals surface area contributed by atoms with Gasteiger partial charge in [-0.3, -0.25) is 4.79 Å². The smallest absolute Gasteiger partial charge is 0.257 e. The number of hydrogen-bond donors (Lipinski definition) is 0. The summed E-state index contributed by atoms with van der Waals surface area (Å²) in [6.45, 7) is 4.86. The van der Waals surface area contributed by atoms with Gasteiger partial charge in [-0.05, 0) is 26.0 Å². The molecule has 7 nitrogen and oxygen atoms in total. The fourth-order valence-corrected chi connectivity index (χ4v) is 2.81. The maximum Gasteiger partial charge on any atom is 0.257 e. The highest BCUT2D eigenvalue weighted by molar-refractivity contribution is 5.95. The van der Waals surface area contributed by atoms with Crippen molar-refractivity contribution < 1.29 is 13.9 Å². The Morgan fingerprint density at radius 1 is 1.33 bits per heavy atom. The molecule has 2 aromatic heterocycles. The van der Waals surface area contributed by atoms with Crippen LogP contribution in [-0.4, -0.2) is 54.3 Å². The van der Waals surface area contributed by atoms with Crippen LogP contribution >= 0.6 is 0 Å². The predicted molar refractivity (Wildman–Crippen MR) is 89.5 cm³/mol. The number of furan rings is 1. The lowest BCUT2D eigenvalue weighted by Gasteiger charge is -2.17. The van der Waals surface area contributed by atoms with E-state index in [4.69, 9.17) is 9.15 Å². The first kappa shape index (κ1) is 16.3. The molecule has 1 amide bonds. The third-order valence-electron chi connectivity index (χ3n) is 4.08. The monoisotopic (exact) mass is 330 g/mol. The zero-order valence-electron chi connectivity index (χ0n) is 14.4. The zero-order valence-corrected chi connectivity index (χ0v) is 14.4. The number of ether oxygens (including phenoxy) is 1. The van der Waals surface area contributed by atoms with E-state index in [1.54, 1.807) is 17.0 Å². The van der Waals surface area contributed by atoms with Crippen LogP contribution in [0.25, 0.3) is 0 Å². The number of carbonyl (C=O) groups excluding carboxylic acids is 1. The molecule has 0 saturated carbocycles. The molecule has 128 valence electrons. The van der Waals surface area contributed by atoms with Crippen molar-refractivity contribution in [2.24, 2.45) is 0 Å². The quantitative estimate of drug-likeness (QED) is 0.854. The van der Waals surface area contributed by atoms with Crippen LogP contribution < -0.4 is 9.64 Å². The van der Waals surface area contributed by atoms with E-state index < -0.39 is 0 Å². The normalized spacial score (nSPS) is 17.2. The molecule has 0 radical (unpaired) electrons. The summed E-state index contributed by atoms with van der Waals surface area (Å²) >= 11 is 0. The van der Waals surface area contributed by atoms with Crippen molar-refractivity contribution >= 4 is 11.7 Å². The molecule has 24 heavy (non-hydrogen) atoms. The average molecular weight is 330 g/mol. The summed E-state index contributed by atoms with van der Waals surface area (Å²) in [5.41, 5.74) is 0.628. The standard InChI is InChI=1S/C17H22N4O3/c1-11-9-14(12(2)23-11)17(22)21-8-7-13(10-21)24-16-6-5-15(18-19-16)20(3)4/h5-6,9,13H,7-8,10H2,1-4H3/t13-/m0/s1. The van der Waals surface area contributed by atoms with Crippen LogP contribution in [0, 0.1) is 13.8 Å². The van der Waals surface area contributed by atoms with Gasteiger partial charge in [0.15, 0.2) is 5.82 Å². The van der Waals surface area contributed by atoms with Crippen molar-refractivity contribution in [2.45, 2.75) is 26.4 Å². The number of aryl methyl sites for hydroxylation is 2. The van der Waals surface area contributed by atoms with Crippen molar-refractivity contribution in [3.05, 3.63) is 35.3 Å². The first-order valence-electron chi connectivity index (χ1n) is 7.98. The summed E-state index contributed by atoms with van der Waals surface area (Å²) < 4.78 is 11.3. The Bertz CT molecular complexity index is 724. The van der Waals surface area contributed by atoms with Crippen LogP contribution in [0.1, 0.15) is 28.3 Å². The lowest BCUT2D eigenvalue weighted by Crippen LogP contribution is -2.31. The van der Waals surface area contributed by atoms with E-state index in [9.17, 15) is 4.79 Å². The van der Waals surface area contributed by atoms with Crippen molar-refractivity contribution in [1.29, 1.82) is 0 Å². The highest BCUT2D eigenvalue weighted by atomic mass is 16.5. The fourth-order valence-electron chi connectivity index (χ4n) is 2.81. The summed E-state index contributed by atoms with van der Waals surface area (Å²) in [5.74, 6) is 2.65. The molecule has 0 aliphatic carbocycles. The van der Waals surface area contributed by atoms with Gasteiger partial charge in [-0.25, -0.2) is 0 Å². The molecule has 1 aliphatic rings. The Labute approximate surface area is 141 Å². The van der Waals surface area contributed by atoms with Crippen LogP contribution in [0.4, 0.5) is 5.82 Å². The predicted octanol–water partition coefficient (Wildman–Crippen LogP) is 2.05.